The van der Waals surface area contributed by atoms with Crippen LogP contribution >= 0.6 is 0 Å². The smallest absolute Gasteiger partial charge is 0.241 e. The van der Waals surface area contributed by atoms with Gasteiger partial charge >= 0.3 is 0 Å². The van der Waals surface area contributed by atoms with E-state index >= 15 is 0 Å². The fourth-order valence-electron chi connectivity index (χ4n) is 2.17. The van der Waals surface area contributed by atoms with Crippen LogP contribution in [-0.2, 0) is 11.2 Å². The number of nitrogens with zero attached hydrogens (tertiary/aromatic N) is 1. The number of amides is 1. The lowest BCUT2D eigenvalue weighted by Gasteiger charge is -2.16. The average molecular weight is 247 g/mol. The van der Waals surface area contributed by atoms with E-state index in [1.807, 2.05) is 26.0 Å². The molecule has 98 valence electrons. The Morgan fingerprint density at radius 2 is 2.17 bits per heavy atom. The summed E-state index contributed by atoms with van der Waals surface area (Å²) in [5.41, 5.74) is 9.20. The maximum absolute atomic E-state index is 11.9. The number of likely N-dealkylation sites (N-methyl/N-ethyl adjacent to an activating group) is 1. The van der Waals surface area contributed by atoms with E-state index in [0.29, 0.717) is 0 Å². The van der Waals surface area contributed by atoms with Gasteiger partial charge in [0.2, 0.25) is 5.91 Å². The molecule has 2 rings (SSSR count). The molecule has 1 heterocycles. The van der Waals surface area contributed by atoms with Gasteiger partial charge in [0, 0.05) is 25.0 Å². The Labute approximate surface area is 108 Å². The third kappa shape index (κ3) is 2.48. The minimum atomic E-state index is -0.457. The molecule has 1 atom stereocenters. The lowest BCUT2D eigenvalue weighted by Crippen LogP contribution is -2.39. The van der Waals surface area contributed by atoms with Crippen LogP contribution in [0, 0.1) is 5.92 Å². The molecule has 0 spiro atoms. The Hall–Kier alpha value is -1.55. The van der Waals surface area contributed by atoms with Crippen molar-refractivity contribution in [2.45, 2.75) is 26.3 Å². The van der Waals surface area contributed by atoms with Crippen molar-refractivity contribution >= 4 is 17.3 Å². The molecule has 0 fully saturated rings. The Bertz CT molecular complexity index is 456. The predicted molar refractivity (Wildman–Crippen MR) is 74.9 cm³/mol. The maximum Gasteiger partial charge on any atom is 0.241 e. The number of hydrogen-bond donors (Lipinski definition) is 2. The summed E-state index contributed by atoms with van der Waals surface area (Å²) in [6.45, 7) is 4.93. The highest BCUT2D eigenvalue weighted by Gasteiger charge is 2.19. The number of hydrogen-bond acceptors (Lipinski definition) is 3. The molecule has 0 bridgehead atoms. The summed E-state index contributed by atoms with van der Waals surface area (Å²) < 4.78 is 0. The molecule has 0 radical (unpaired) electrons. The molecule has 4 heteroatoms. The van der Waals surface area contributed by atoms with E-state index in [9.17, 15) is 4.79 Å². The molecule has 1 aromatic rings. The van der Waals surface area contributed by atoms with Crippen LogP contribution < -0.4 is 16.0 Å². The molecule has 4 nitrogen and oxygen atoms in total. The molecular formula is C14H21N3O. The van der Waals surface area contributed by atoms with Crippen molar-refractivity contribution in [2.24, 2.45) is 11.7 Å². The Morgan fingerprint density at radius 3 is 2.83 bits per heavy atom. The Kier molecular flexibility index (Phi) is 3.57. The topological polar surface area (TPSA) is 58.4 Å². The average Bonchev–Trinajstić information content (AvgIpc) is 2.69. The first-order valence-corrected chi connectivity index (χ1v) is 6.39. The molecule has 0 aliphatic carbocycles. The predicted octanol–water partition coefficient (Wildman–Crippen LogP) is 1.60. The van der Waals surface area contributed by atoms with E-state index in [4.69, 9.17) is 5.73 Å². The summed E-state index contributed by atoms with van der Waals surface area (Å²) in [6, 6.07) is 5.58. The van der Waals surface area contributed by atoms with E-state index in [-0.39, 0.29) is 11.8 Å². The van der Waals surface area contributed by atoms with E-state index in [2.05, 4.69) is 23.3 Å². The molecule has 3 N–H and O–H groups in total. The molecule has 1 aliphatic rings. The van der Waals surface area contributed by atoms with Gasteiger partial charge in [-0.15, -0.1) is 0 Å². The van der Waals surface area contributed by atoms with E-state index in [1.54, 1.807) is 0 Å². The summed E-state index contributed by atoms with van der Waals surface area (Å²) in [5, 5.41) is 2.89. The zero-order valence-electron chi connectivity index (χ0n) is 11.2. The largest absolute Gasteiger partial charge is 0.374 e. The second-order valence-electron chi connectivity index (χ2n) is 5.27. The highest BCUT2D eigenvalue weighted by Crippen LogP contribution is 2.29. The molecule has 18 heavy (non-hydrogen) atoms. The van der Waals surface area contributed by atoms with Gasteiger partial charge in [0.15, 0.2) is 0 Å². The van der Waals surface area contributed by atoms with Gasteiger partial charge in [-0.1, -0.05) is 13.8 Å². The standard InChI is InChI=1S/C14H21N3O/c1-9(2)13(15)14(18)16-11-4-5-12-10(8-11)6-7-17(12)3/h4-5,8-9,13H,6-7,15H2,1-3H3,(H,16,18)/t13-/m0/s1. The molecule has 1 aromatic carbocycles. The van der Waals surface area contributed by atoms with Gasteiger partial charge in [-0.25, -0.2) is 0 Å². The highest BCUT2D eigenvalue weighted by molar-refractivity contribution is 5.95. The third-order valence-corrected chi connectivity index (χ3v) is 3.50. The minimum Gasteiger partial charge on any atom is -0.374 e. The Morgan fingerprint density at radius 1 is 1.44 bits per heavy atom. The monoisotopic (exact) mass is 247 g/mol. The second kappa shape index (κ2) is 4.98. The number of anilines is 2. The van der Waals surface area contributed by atoms with Crippen molar-refractivity contribution in [3.63, 3.8) is 0 Å². The van der Waals surface area contributed by atoms with Crippen LogP contribution in [0.3, 0.4) is 0 Å². The molecule has 1 amide bonds. The van der Waals surface area contributed by atoms with E-state index < -0.39 is 6.04 Å². The normalized spacial score (nSPS) is 15.7. The Balaban J connectivity index is 2.10. The van der Waals surface area contributed by atoms with Crippen molar-refractivity contribution < 1.29 is 4.79 Å². The lowest BCUT2D eigenvalue weighted by molar-refractivity contribution is -0.118. The number of carbonyl (C=O) groups is 1. The van der Waals surface area contributed by atoms with Crippen molar-refractivity contribution in [3.8, 4) is 0 Å². The van der Waals surface area contributed by atoms with Crippen LogP contribution in [-0.4, -0.2) is 25.5 Å². The SMILES string of the molecule is CC(C)[C@H](N)C(=O)Nc1ccc2c(c1)CCN2C. The third-order valence-electron chi connectivity index (χ3n) is 3.50. The van der Waals surface area contributed by atoms with Gasteiger partial charge in [0.05, 0.1) is 6.04 Å². The number of carbonyl (C=O) groups excluding carboxylic acids is 1. The summed E-state index contributed by atoms with van der Waals surface area (Å²) >= 11 is 0. The number of benzene rings is 1. The van der Waals surface area contributed by atoms with Gasteiger partial charge in [0.1, 0.15) is 0 Å². The zero-order chi connectivity index (χ0) is 13.3. The summed E-state index contributed by atoms with van der Waals surface area (Å²) in [7, 11) is 2.08. The lowest BCUT2D eigenvalue weighted by atomic mass is 10.0. The summed E-state index contributed by atoms with van der Waals surface area (Å²) in [5.74, 6) is 0.0295. The molecule has 0 saturated heterocycles. The van der Waals surface area contributed by atoms with Crippen molar-refractivity contribution in [3.05, 3.63) is 23.8 Å². The van der Waals surface area contributed by atoms with Crippen LogP contribution in [0.5, 0.6) is 0 Å². The molecule has 0 aromatic heterocycles. The first kappa shape index (κ1) is 12.9. The molecule has 1 aliphatic heterocycles. The van der Waals surface area contributed by atoms with Crippen LogP contribution in [0.25, 0.3) is 0 Å². The van der Waals surface area contributed by atoms with Gasteiger partial charge in [-0.05, 0) is 36.1 Å². The van der Waals surface area contributed by atoms with Crippen molar-refractivity contribution in [2.75, 3.05) is 23.8 Å². The summed E-state index contributed by atoms with van der Waals surface area (Å²) in [6.07, 6.45) is 1.03. The van der Waals surface area contributed by atoms with Crippen LogP contribution in [0.2, 0.25) is 0 Å². The fourth-order valence-corrected chi connectivity index (χ4v) is 2.17. The van der Waals surface area contributed by atoms with Crippen molar-refractivity contribution in [1.29, 1.82) is 0 Å². The number of nitrogens with two attached hydrogens (primary N) is 1. The first-order valence-electron chi connectivity index (χ1n) is 6.39. The number of fused-ring (bicyclic) bond motifs is 1. The quantitative estimate of drug-likeness (QED) is 0.853. The molecule has 0 saturated carbocycles. The van der Waals surface area contributed by atoms with E-state index in [0.717, 1.165) is 18.7 Å². The zero-order valence-corrected chi connectivity index (χ0v) is 11.2. The maximum atomic E-state index is 11.9. The fraction of sp³-hybridized carbons (Fsp3) is 0.500. The van der Waals surface area contributed by atoms with Crippen LogP contribution in [0.4, 0.5) is 11.4 Å². The molecular weight excluding hydrogens is 226 g/mol. The highest BCUT2D eigenvalue weighted by atomic mass is 16.2. The van der Waals surface area contributed by atoms with E-state index in [1.165, 1.54) is 11.3 Å². The molecule has 0 unspecified atom stereocenters. The number of nitrogens with one attached hydrogen (secondary N) is 1. The van der Waals surface area contributed by atoms with Crippen LogP contribution in [0.1, 0.15) is 19.4 Å². The van der Waals surface area contributed by atoms with Gasteiger partial charge in [0.25, 0.3) is 0 Å². The second-order valence-corrected chi connectivity index (χ2v) is 5.27. The van der Waals surface area contributed by atoms with Crippen molar-refractivity contribution in [1.82, 2.24) is 0 Å². The van der Waals surface area contributed by atoms with Gasteiger partial charge < -0.3 is 16.0 Å². The number of rotatable bonds is 3. The van der Waals surface area contributed by atoms with Crippen LogP contribution in [0.15, 0.2) is 18.2 Å². The first-order chi connectivity index (χ1) is 8.49. The summed E-state index contributed by atoms with van der Waals surface area (Å²) in [4.78, 5) is 14.1. The minimum absolute atomic E-state index is 0.115. The van der Waals surface area contributed by atoms with Gasteiger partial charge in [-0.3, -0.25) is 4.79 Å². The van der Waals surface area contributed by atoms with Gasteiger partial charge in [-0.2, -0.15) is 0 Å².